The van der Waals surface area contributed by atoms with Crippen LogP contribution in [0.15, 0.2) is 30.6 Å². The van der Waals surface area contributed by atoms with E-state index in [1.54, 1.807) is 13.4 Å². The highest BCUT2D eigenvalue weighted by molar-refractivity contribution is 5.73. The second kappa shape index (κ2) is 9.03. The molecule has 25 heavy (non-hydrogen) atoms. The molecule has 8 nitrogen and oxygen atoms in total. The summed E-state index contributed by atoms with van der Waals surface area (Å²) in [7, 11) is 5.60. The van der Waals surface area contributed by atoms with Gasteiger partial charge in [-0.05, 0) is 38.7 Å². The summed E-state index contributed by atoms with van der Waals surface area (Å²) in [6.07, 6.45) is 1.65. The summed E-state index contributed by atoms with van der Waals surface area (Å²) in [5.74, 6) is 1.53. The molecular formula is C17H26N6O2. The summed E-state index contributed by atoms with van der Waals surface area (Å²) in [6, 6.07) is 7.66. The van der Waals surface area contributed by atoms with Crippen molar-refractivity contribution >= 4 is 6.03 Å². The number of nitrogens with one attached hydrogen (secondary N) is 2. The molecule has 0 aliphatic rings. The van der Waals surface area contributed by atoms with Crippen LogP contribution in [-0.4, -0.2) is 53.4 Å². The molecule has 0 fully saturated rings. The maximum Gasteiger partial charge on any atom is 0.315 e. The second-order valence-electron chi connectivity index (χ2n) is 5.85. The number of rotatable bonds is 8. The number of aromatic nitrogens is 3. The van der Waals surface area contributed by atoms with Crippen LogP contribution < -0.4 is 15.4 Å². The van der Waals surface area contributed by atoms with Gasteiger partial charge in [0, 0.05) is 13.1 Å². The number of hydrogen-bond donors (Lipinski definition) is 2. The first kappa shape index (κ1) is 18.7. The Kier molecular flexibility index (Phi) is 6.76. The molecule has 0 bridgehead atoms. The third-order valence-corrected chi connectivity index (χ3v) is 4.00. The van der Waals surface area contributed by atoms with Gasteiger partial charge in [0.05, 0.1) is 19.7 Å². The van der Waals surface area contributed by atoms with Crippen molar-refractivity contribution in [3.63, 3.8) is 0 Å². The Morgan fingerprint density at radius 3 is 2.84 bits per heavy atom. The molecule has 0 aliphatic heterocycles. The van der Waals surface area contributed by atoms with E-state index in [0.29, 0.717) is 13.1 Å². The van der Waals surface area contributed by atoms with Crippen molar-refractivity contribution in [2.45, 2.75) is 26.1 Å². The highest BCUT2D eigenvalue weighted by Gasteiger charge is 2.16. The van der Waals surface area contributed by atoms with Gasteiger partial charge in [-0.1, -0.05) is 12.1 Å². The van der Waals surface area contributed by atoms with Crippen LogP contribution in [0.1, 0.15) is 24.4 Å². The molecule has 1 unspecified atom stereocenters. The van der Waals surface area contributed by atoms with Crippen LogP contribution in [0.5, 0.6) is 5.75 Å². The Bertz CT molecular complexity index is 685. The Morgan fingerprint density at radius 1 is 1.36 bits per heavy atom. The van der Waals surface area contributed by atoms with Crippen LogP contribution in [0, 0.1) is 0 Å². The summed E-state index contributed by atoms with van der Waals surface area (Å²) in [5, 5.41) is 13.6. The summed E-state index contributed by atoms with van der Waals surface area (Å²) in [4.78, 5) is 14.2. The van der Waals surface area contributed by atoms with Crippen molar-refractivity contribution < 1.29 is 9.53 Å². The van der Waals surface area contributed by atoms with E-state index in [1.807, 2.05) is 49.9 Å². The summed E-state index contributed by atoms with van der Waals surface area (Å²) in [6.45, 7) is 3.59. The molecule has 1 aromatic heterocycles. The van der Waals surface area contributed by atoms with Crippen molar-refractivity contribution in [1.82, 2.24) is 30.3 Å². The number of carbonyl (C=O) groups is 1. The number of urea groups is 1. The van der Waals surface area contributed by atoms with E-state index in [0.717, 1.165) is 23.7 Å². The van der Waals surface area contributed by atoms with E-state index in [-0.39, 0.29) is 12.1 Å². The first-order valence-corrected chi connectivity index (χ1v) is 8.24. The van der Waals surface area contributed by atoms with Gasteiger partial charge < -0.3 is 24.8 Å². The lowest BCUT2D eigenvalue weighted by Crippen LogP contribution is -2.40. The molecule has 2 aromatic rings. The van der Waals surface area contributed by atoms with E-state index >= 15 is 0 Å². The summed E-state index contributed by atoms with van der Waals surface area (Å²) < 4.78 is 7.17. The zero-order valence-corrected chi connectivity index (χ0v) is 15.2. The first-order valence-electron chi connectivity index (χ1n) is 8.24. The Morgan fingerprint density at radius 2 is 2.16 bits per heavy atom. The summed E-state index contributed by atoms with van der Waals surface area (Å²) in [5.41, 5.74) is 1.08. The van der Waals surface area contributed by atoms with Gasteiger partial charge in [-0.15, -0.1) is 10.2 Å². The van der Waals surface area contributed by atoms with E-state index in [2.05, 4.69) is 25.7 Å². The maximum absolute atomic E-state index is 12.1. The van der Waals surface area contributed by atoms with Gasteiger partial charge in [-0.3, -0.25) is 0 Å². The minimum atomic E-state index is -0.236. The molecule has 2 amide bonds. The first-order chi connectivity index (χ1) is 12.0. The number of ether oxygens (including phenoxy) is 1. The standard InChI is InChI=1S/C17H26N6O2/c1-5-23-12-20-21-16(23)11-19-17(24)18-10-15(22(2)3)13-7-6-8-14(9-13)25-4/h6-9,12,15H,5,10-11H2,1-4H3,(H2,18,19,24). The minimum absolute atomic E-state index is 0.0418. The molecule has 1 aromatic carbocycles. The molecule has 136 valence electrons. The van der Waals surface area contributed by atoms with Gasteiger partial charge in [0.1, 0.15) is 12.1 Å². The lowest BCUT2D eigenvalue weighted by atomic mass is 10.1. The zero-order valence-electron chi connectivity index (χ0n) is 15.2. The van der Waals surface area contributed by atoms with Crippen molar-refractivity contribution in [1.29, 1.82) is 0 Å². The fourth-order valence-electron chi connectivity index (χ4n) is 2.54. The highest BCUT2D eigenvalue weighted by Crippen LogP contribution is 2.21. The molecule has 1 heterocycles. The molecule has 1 atom stereocenters. The van der Waals surface area contributed by atoms with Crippen molar-refractivity contribution in [2.75, 3.05) is 27.7 Å². The van der Waals surface area contributed by atoms with E-state index in [9.17, 15) is 4.79 Å². The Hall–Kier alpha value is -2.61. The van der Waals surface area contributed by atoms with Gasteiger partial charge in [-0.25, -0.2) is 4.79 Å². The van der Waals surface area contributed by atoms with Crippen LogP contribution in [0.3, 0.4) is 0 Å². The average molecular weight is 346 g/mol. The second-order valence-corrected chi connectivity index (χ2v) is 5.85. The number of aryl methyl sites for hydroxylation is 1. The van der Waals surface area contributed by atoms with E-state index < -0.39 is 0 Å². The van der Waals surface area contributed by atoms with Gasteiger partial charge in [0.2, 0.25) is 0 Å². The van der Waals surface area contributed by atoms with E-state index in [4.69, 9.17) is 4.74 Å². The van der Waals surface area contributed by atoms with Gasteiger partial charge in [0.15, 0.2) is 5.82 Å². The SMILES string of the molecule is CCn1cnnc1CNC(=O)NCC(c1cccc(OC)c1)N(C)C. The Balaban J connectivity index is 1.91. The predicted molar refractivity (Wildman–Crippen MR) is 95.4 cm³/mol. The minimum Gasteiger partial charge on any atom is -0.497 e. The van der Waals surface area contributed by atoms with Crippen LogP contribution >= 0.6 is 0 Å². The molecule has 0 saturated carbocycles. The maximum atomic E-state index is 12.1. The lowest BCUT2D eigenvalue weighted by molar-refractivity contribution is 0.232. The molecule has 2 rings (SSSR count). The third-order valence-electron chi connectivity index (χ3n) is 4.00. The topological polar surface area (TPSA) is 84.3 Å². The molecule has 0 spiro atoms. The smallest absolute Gasteiger partial charge is 0.315 e. The van der Waals surface area contributed by atoms with Crippen molar-refractivity contribution in [2.24, 2.45) is 0 Å². The fourth-order valence-corrected chi connectivity index (χ4v) is 2.54. The van der Waals surface area contributed by atoms with Gasteiger partial charge in [0.25, 0.3) is 0 Å². The normalized spacial score (nSPS) is 12.0. The molecule has 0 saturated heterocycles. The molecule has 2 N–H and O–H groups in total. The number of nitrogens with zero attached hydrogens (tertiary/aromatic N) is 4. The van der Waals surface area contributed by atoms with Crippen LogP contribution in [0.25, 0.3) is 0 Å². The molecular weight excluding hydrogens is 320 g/mol. The predicted octanol–water partition coefficient (Wildman–Crippen LogP) is 1.41. The quantitative estimate of drug-likeness (QED) is 0.755. The highest BCUT2D eigenvalue weighted by atomic mass is 16.5. The van der Waals surface area contributed by atoms with E-state index in [1.165, 1.54) is 0 Å². The monoisotopic (exact) mass is 346 g/mol. The van der Waals surface area contributed by atoms with Crippen molar-refractivity contribution in [3.8, 4) is 5.75 Å². The van der Waals surface area contributed by atoms with Crippen LogP contribution in [0.4, 0.5) is 4.79 Å². The number of likely N-dealkylation sites (N-methyl/N-ethyl adjacent to an activating group) is 1. The molecule has 0 aliphatic carbocycles. The molecule has 8 heteroatoms. The zero-order chi connectivity index (χ0) is 18.2. The average Bonchev–Trinajstić information content (AvgIpc) is 3.07. The van der Waals surface area contributed by atoms with Gasteiger partial charge >= 0.3 is 6.03 Å². The third kappa shape index (κ3) is 5.18. The largest absolute Gasteiger partial charge is 0.497 e. The summed E-state index contributed by atoms with van der Waals surface area (Å²) >= 11 is 0. The number of benzene rings is 1. The van der Waals surface area contributed by atoms with Crippen LogP contribution in [-0.2, 0) is 13.1 Å². The number of amides is 2. The number of methoxy groups -OCH3 is 1. The number of carbonyl (C=O) groups excluding carboxylic acids is 1. The van der Waals surface area contributed by atoms with Crippen molar-refractivity contribution in [3.05, 3.63) is 42.0 Å². The van der Waals surface area contributed by atoms with Gasteiger partial charge in [-0.2, -0.15) is 0 Å². The van der Waals surface area contributed by atoms with Crippen LogP contribution in [0.2, 0.25) is 0 Å². The Labute approximate surface area is 148 Å². The number of hydrogen-bond acceptors (Lipinski definition) is 5. The lowest BCUT2D eigenvalue weighted by Gasteiger charge is -2.25. The fraction of sp³-hybridized carbons (Fsp3) is 0.471. The molecule has 0 radical (unpaired) electrons.